The average molecular weight is 220 g/mol. The Morgan fingerprint density at radius 2 is 2.25 bits per heavy atom. The Morgan fingerprint density at radius 1 is 1.38 bits per heavy atom. The summed E-state index contributed by atoms with van der Waals surface area (Å²) in [6.07, 6.45) is 3.40. The van der Waals surface area contributed by atoms with Gasteiger partial charge in [0.05, 0.1) is 7.11 Å². The molecule has 0 fully saturated rings. The lowest BCUT2D eigenvalue weighted by molar-refractivity contribution is 0.299. The van der Waals surface area contributed by atoms with Crippen molar-refractivity contribution in [2.75, 3.05) is 13.7 Å². The van der Waals surface area contributed by atoms with Crippen molar-refractivity contribution >= 4 is 11.1 Å². The molecule has 0 unspecified atom stereocenters. The first-order valence-corrected chi connectivity index (χ1v) is 5.47. The standard InChI is InChI=1S/C12H16N2O2/c1-15-12-14-11-9(5-2-3-8-13)6-4-7-10(11)16-12/h4,6-7H,2-3,5,8,13H2,1H3. The Morgan fingerprint density at radius 3 is 3.00 bits per heavy atom. The third-order valence-electron chi connectivity index (χ3n) is 2.56. The molecule has 2 N–H and O–H groups in total. The predicted octanol–water partition coefficient (Wildman–Crippen LogP) is 2.12. The molecule has 0 aliphatic carbocycles. The van der Waals surface area contributed by atoms with E-state index in [-0.39, 0.29) is 0 Å². The molecule has 0 atom stereocenters. The first-order chi connectivity index (χ1) is 7.85. The van der Waals surface area contributed by atoms with E-state index in [0.29, 0.717) is 6.08 Å². The van der Waals surface area contributed by atoms with E-state index in [2.05, 4.69) is 11.1 Å². The number of nitrogens with zero attached hydrogens (tertiary/aromatic N) is 1. The molecule has 0 radical (unpaired) electrons. The molecule has 2 aromatic rings. The maximum Gasteiger partial charge on any atom is 0.394 e. The molecular formula is C12H16N2O2. The Kier molecular flexibility index (Phi) is 3.41. The van der Waals surface area contributed by atoms with Gasteiger partial charge in [-0.05, 0) is 37.4 Å². The Balaban J connectivity index is 2.26. The van der Waals surface area contributed by atoms with E-state index in [0.717, 1.165) is 36.9 Å². The zero-order valence-electron chi connectivity index (χ0n) is 9.40. The number of methoxy groups -OCH3 is 1. The first kappa shape index (κ1) is 11.0. The highest BCUT2D eigenvalue weighted by Gasteiger charge is 2.09. The quantitative estimate of drug-likeness (QED) is 0.784. The molecule has 0 amide bonds. The number of aromatic nitrogens is 1. The van der Waals surface area contributed by atoms with Crippen molar-refractivity contribution in [3.63, 3.8) is 0 Å². The van der Waals surface area contributed by atoms with Crippen LogP contribution in [0.1, 0.15) is 18.4 Å². The fraction of sp³-hybridized carbons (Fsp3) is 0.417. The highest BCUT2D eigenvalue weighted by atomic mass is 16.6. The van der Waals surface area contributed by atoms with Crippen molar-refractivity contribution in [3.05, 3.63) is 23.8 Å². The van der Waals surface area contributed by atoms with Crippen LogP contribution < -0.4 is 10.5 Å². The number of unbranched alkanes of at least 4 members (excludes halogenated alkanes) is 1. The number of benzene rings is 1. The summed E-state index contributed by atoms with van der Waals surface area (Å²) in [5.41, 5.74) is 8.35. The van der Waals surface area contributed by atoms with Gasteiger partial charge in [-0.25, -0.2) is 0 Å². The number of oxazole rings is 1. The molecule has 0 aliphatic rings. The molecule has 0 saturated carbocycles. The Hall–Kier alpha value is -1.55. The summed E-state index contributed by atoms with van der Waals surface area (Å²) >= 11 is 0. The number of nitrogens with two attached hydrogens (primary N) is 1. The van der Waals surface area contributed by atoms with E-state index in [4.69, 9.17) is 14.9 Å². The third kappa shape index (κ3) is 2.17. The van der Waals surface area contributed by atoms with Crippen molar-refractivity contribution in [3.8, 4) is 6.08 Å². The summed E-state index contributed by atoms with van der Waals surface area (Å²) in [4.78, 5) is 4.29. The lowest BCUT2D eigenvalue weighted by Crippen LogP contribution is -1.99. The fourth-order valence-corrected chi connectivity index (χ4v) is 1.73. The van der Waals surface area contributed by atoms with E-state index in [9.17, 15) is 0 Å². The van der Waals surface area contributed by atoms with Crippen LogP contribution >= 0.6 is 0 Å². The van der Waals surface area contributed by atoms with Gasteiger partial charge in [-0.2, -0.15) is 4.98 Å². The van der Waals surface area contributed by atoms with Gasteiger partial charge in [0.15, 0.2) is 5.58 Å². The zero-order valence-corrected chi connectivity index (χ0v) is 9.40. The second-order valence-corrected chi connectivity index (χ2v) is 3.69. The number of hydrogen-bond donors (Lipinski definition) is 1. The molecule has 4 heteroatoms. The second kappa shape index (κ2) is 4.99. The van der Waals surface area contributed by atoms with Gasteiger partial charge in [0, 0.05) is 0 Å². The zero-order chi connectivity index (χ0) is 11.4. The van der Waals surface area contributed by atoms with Gasteiger partial charge in [0.1, 0.15) is 5.52 Å². The number of ether oxygens (including phenoxy) is 1. The average Bonchev–Trinajstić information content (AvgIpc) is 2.73. The highest BCUT2D eigenvalue weighted by Crippen LogP contribution is 2.24. The largest absolute Gasteiger partial charge is 0.453 e. The van der Waals surface area contributed by atoms with Crippen LogP contribution in [0.2, 0.25) is 0 Å². The topological polar surface area (TPSA) is 61.3 Å². The number of aryl methyl sites for hydroxylation is 1. The molecule has 1 aromatic carbocycles. The van der Waals surface area contributed by atoms with E-state index in [1.165, 1.54) is 5.56 Å². The van der Waals surface area contributed by atoms with Crippen molar-refractivity contribution in [2.45, 2.75) is 19.3 Å². The Labute approximate surface area is 94.4 Å². The van der Waals surface area contributed by atoms with Crippen LogP contribution in [0.15, 0.2) is 22.6 Å². The molecule has 2 rings (SSSR count). The molecule has 1 heterocycles. The van der Waals surface area contributed by atoms with Crippen LogP contribution in [0.5, 0.6) is 6.08 Å². The summed E-state index contributed by atoms with van der Waals surface area (Å²) in [7, 11) is 1.55. The molecular weight excluding hydrogens is 204 g/mol. The third-order valence-corrected chi connectivity index (χ3v) is 2.56. The highest BCUT2D eigenvalue weighted by molar-refractivity contribution is 5.77. The monoisotopic (exact) mass is 220 g/mol. The number of fused-ring (bicyclic) bond motifs is 1. The maximum absolute atomic E-state index is 5.48. The second-order valence-electron chi connectivity index (χ2n) is 3.69. The lowest BCUT2D eigenvalue weighted by Gasteiger charge is -2.00. The first-order valence-electron chi connectivity index (χ1n) is 5.47. The maximum atomic E-state index is 5.48. The minimum atomic E-state index is 0.321. The van der Waals surface area contributed by atoms with Gasteiger partial charge >= 0.3 is 6.08 Å². The number of rotatable bonds is 5. The van der Waals surface area contributed by atoms with E-state index in [1.807, 2.05) is 12.1 Å². The molecule has 0 aliphatic heterocycles. The van der Waals surface area contributed by atoms with Crippen LogP contribution in [-0.4, -0.2) is 18.6 Å². The SMILES string of the molecule is COc1nc2c(CCCCN)cccc2o1. The summed E-state index contributed by atoms with van der Waals surface area (Å²) in [6, 6.07) is 5.95. The van der Waals surface area contributed by atoms with Gasteiger partial charge < -0.3 is 14.9 Å². The van der Waals surface area contributed by atoms with Gasteiger partial charge in [-0.1, -0.05) is 12.1 Å². The van der Waals surface area contributed by atoms with Crippen molar-refractivity contribution < 1.29 is 9.15 Å². The normalized spacial score (nSPS) is 10.9. The molecule has 16 heavy (non-hydrogen) atoms. The number of hydrogen-bond acceptors (Lipinski definition) is 4. The van der Waals surface area contributed by atoms with Crippen molar-refractivity contribution in [1.29, 1.82) is 0 Å². The summed E-state index contributed by atoms with van der Waals surface area (Å²) < 4.78 is 10.4. The van der Waals surface area contributed by atoms with Crippen molar-refractivity contribution in [1.82, 2.24) is 4.98 Å². The minimum Gasteiger partial charge on any atom is -0.453 e. The summed E-state index contributed by atoms with van der Waals surface area (Å²) in [5.74, 6) is 0. The van der Waals surface area contributed by atoms with Crippen molar-refractivity contribution in [2.24, 2.45) is 5.73 Å². The molecule has 1 aromatic heterocycles. The number of para-hydroxylation sites is 1. The molecule has 4 nitrogen and oxygen atoms in total. The van der Waals surface area contributed by atoms with Gasteiger partial charge in [-0.3, -0.25) is 0 Å². The van der Waals surface area contributed by atoms with Gasteiger partial charge in [0.25, 0.3) is 0 Å². The predicted molar refractivity (Wildman–Crippen MR) is 62.6 cm³/mol. The summed E-state index contributed by atoms with van der Waals surface area (Å²) in [5, 5.41) is 0. The van der Waals surface area contributed by atoms with Crippen LogP contribution in [0.4, 0.5) is 0 Å². The molecule has 86 valence electrons. The fourth-order valence-electron chi connectivity index (χ4n) is 1.73. The van der Waals surface area contributed by atoms with Crippen LogP contribution in [-0.2, 0) is 6.42 Å². The Bertz CT molecular complexity index is 465. The molecule has 0 spiro atoms. The van der Waals surface area contributed by atoms with E-state index >= 15 is 0 Å². The smallest absolute Gasteiger partial charge is 0.394 e. The minimum absolute atomic E-state index is 0.321. The van der Waals surface area contributed by atoms with E-state index in [1.54, 1.807) is 7.11 Å². The van der Waals surface area contributed by atoms with E-state index < -0.39 is 0 Å². The summed E-state index contributed by atoms with van der Waals surface area (Å²) in [6.45, 7) is 0.734. The van der Waals surface area contributed by atoms with Crippen LogP contribution in [0, 0.1) is 0 Å². The molecule has 0 saturated heterocycles. The molecule has 0 bridgehead atoms. The lowest BCUT2D eigenvalue weighted by atomic mass is 10.1. The van der Waals surface area contributed by atoms with Gasteiger partial charge in [0.2, 0.25) is 0 Å². The van der Waals surface area contributed by atoms with Crippen LogP contribution in [0.25, 0.3) is 11.1 Å². The van der Waals surface area contributed by atoms with Crippen LogP contribution in [0.3, 0.4) is 0 Å². The van der Waals surface area contributed by atoms with Gasteiger partial charge in [-0.15, -0.1) is 0 Å².